The van der Waals surface area contributed by atoms with Crippen LogP contribution in [0.3, 0.4) is 0 Å². The molecule has 1 rings (SSSR count). The number of aryl methyl sites for hydroxylation is 1. The quantitative estimate of drug-likeness (QED) is 0.705. The second-order valence-electron chi connectivity index (χ2n) is 5.06. The van der Waals surface area contributed by atoms with E-state index in [1.807, 2.05) is 0 Å². The molecule has 0 unspecified atom stereocenters. The van der Waals surface area contributed by atoms with Crippen molar-refractivity contribution in [2.24, 2.45) is 7.05 Å². The maximum Gasteiger partial charge on any atom is 0.271 e. The standard InChI is InChI=1S/C15H25N3O2/c1-3-4-5-6-7-8-9-12-16-15(20)13-10-11-14(19)18(2)17-13/h10-11H,3-9,12H2,1-2H3,(H,16,20). The van der Waals surface area contributed by atoms with Crippen molar-refractivity contribution in [2.75, 3.05) is 6.54 Å². The summed E-state index contributed by atoms with van der Waals surface area (Å²) >= 11 is 0. The fraction of sp³-hybridized carbons (Fsp3) is 0.667. The molecule has 0 radical (unpaired) electrons. The number of nitrogens with zero attached hydrogens (tertiary/aromatic N) is 2. The highest BCUT2D eigenvalue weighted by atomic mass is 16.2. The number of hydrogen-bond acceptors (Lipinski definition) is 3. The summed E-state index contributed by atoms with van der Waals surface area (Å²) in [5, 5.41) is 6.74. The molecule has 0 bridgehead atoms. The van der Waals surface area contributed by atoms with Crippen molar-refractivity contribution in [3.63, 3.8) is 0 Å². The molecule has 1 aromatic rings. The van der Waals surface area contributed by atoms with Gasteiger partial charge in [-0.15, -0.1) is 0 Å². The number of rotatable bonds is 9. The van der Waals surface area contributed by atoms with Crippen LogP contribution in [0.25, 0.3) is 0 Å². The largest absolute Gasteiger partial charge is 0.351 e. The molecular weight excluding hydrogens is 254 g/mol. The van der Waals surface area contributed by atoms with Gasteiger partial charge in [0.25, 0.3) is 11.5 Å². The second-order valence-corrected chi connectivity index (χ2v) is 5.06. The van der Waals surface area contributed by atoms with Crippen LogP contribution in [0.4, 0.5) is 0 Å². The summed E-state index contributed by atoms with van der Waals surface area (Å²) in [7, 11) is 1.54. The fourth-order valence-corrected chi connectivity index (χ4v) is 2.00. The Labute approximate surface area is 120 Å². The highest BCUT2D eigenvalue weighted by Gasteiger charge is 2.07. The molecule has 20 heavy (non-hydrogen) atoms. The van der Waals surface area contributed by atoms with E-state index in [4.69, 9.17) is 0 Å². The van der Waals surface area contributed by atoms with Gasteiger partial charge in [-0.1, -0.05) is 45.4 Å². The third-order valence-electron chi connectivity index (χ3n) is 3.26. The number of unbranched alkanes of at least 4 members (excludes halogenated alkanes) is 6. The molecule has 1 N–H and O–H groups in total. The van der Waals surface area contributed by atoms with Crippen LogP contribution in [-0.4, -0.2) is 22.2 Å². The van der Waals surface area contributed by atoms with Gasteiger partial charge < -0.3 is 5.32 Å². The number of hydrogen-bond donors (Lipinski definition) is 1. The van der Waals surface area contributed by atoms with Crippen LogP contribution in [0.5, 0.6) is 0 Å². The van der Waals surface area contributed by atoms with E-state index < -0.39 is 0 Å². The highest BCUT2D eigenvalue weighted by molar-refractivity contribution is 5.91. The Balaban J connectivity index is 2.17. The lowest BCUT2D eigenvalue weighted by Crippen LogP contribution is -2.29. The minimum atomic E-state index is -0.216. The Bertz CT molecular complexity index is 468. The summed E-state index contributed by atoms with van der Waals surface area (Å²) in [5.74, 6) is -0.216. The summed E-state index contributed by atoms with van der Waals surface area (Å²) < 4.78 is 1.17. The van der Waals surface area contributed by atoms with Crippen LogP contribution in [-0.2, 0) is 7.05 Å². The Morgan fingerprint density at radius 2 is 1.80 bits per heavy atom. The number of amides is 1. The summed E-state index contributed by atoms with van der Waals surface area (Å²) in [5.41, 5.74) is 0.0728. The lowest BCUT2D eigenvalue weighted by Gasteiger charge is -2.05. The van der Waals surface area contributed by atoms with Gasteiger partial charge in [-0.25, -0.2) is 4.68 Å². The van der Waals surface area contributed by atoms with E-state index in [1.54, 1.807) is 0 Å². The van der Waals surface area contributed by atoms with Gasteiger partial charge in [0, 0.05) is 19.7 Å². The fourth-order valence-electron chi connectivity index (χ4n) is 2.00. The predicted molar refractivity (Wildman–Crippen MR) is 79.8 cm³/mol. The Hall–Kier alpha value is -1.65. The minimum Gasteiger partial charge on any atom is -0.351 e. The van der Waals surface area contributed by atoms with Crippen molar-refractivity contribution in [1.29, 1.82) is 0 Å². The molecular formula is C15H25N3O2. The first-order chi connectivity index (χ1) is 9.65. The number of carbonyl (C=O) groups is 1. The van der Waals surface area contributed by atoms with Crippen molar-refractivity contribution in [3.8, 4) is 0 Å². The van der Waals surface area contributed by atoms with Crippen LogP contribution in [0.2, 0.25) is 0 Å². The predicted octanol–water partition coefficient (Wildman–Crippen LogP) is 2.26. The van der Waals surface area contributed by atoms with Crippen LogP contribution in [0, 0.1) is 0 Å². The molecule has 5 nitrogen and oxygen atoms in total. The topological polar surface area (TPSA) is 64.0 Å². The van der Waals surface area contributed by atoms with Crippen molar-refractivity contribution in [3.05, 3.63) is 28.2 Å². The molecule has 0 saturated carbocycles. The average Bonchev–Trinajstić information content (AvgIpc) is 2.44. The number of nitrogens with one attached hydrogen (secondary N) is 1. The molecule has 0 aliphatic carbocycles. The summed E-state index contributed by atoms with van der Waals surface area (Å²) in [6, 6.07) is 2.82. The molecule has 0 aliphatic rings. The molecule has 1 aromatic heterocycles. The molecule has 112 valence electrons. The van der Waals surface area contributed by atoms with Crippen LogP contribution >= 0.6 is 0 Å². The van der Waals surface area contributed by atoms with E-state index in [2.05, 4.69) is 17.3 Å². The van der Waals surface area contributed by atoms with Crippen LogP contribution in [0.15, 0.2) is 16.9 Å². The first-order valence-corrected chi connectivity index (χ1v) is 7.47. The Morgan fingerprint density at radius 1 is 1.15 bits per heavy atom. The molecule has 1 amide bonds. The van der Waals surface area contributed by atoms with E-state index in [0.29, 0.717) is 6.54 Å². The molecule has 0 aliphatic heterocycles. The van der Waals surface area contributed by atoms with Crippen molar-refractivity contribution >= 4 is 5.91 Å². The molecule has 0 fully saturated rings. The lowest BCUT2D eigenvalue weighted by molar-refractivity contribution is 0.0945. The zero-order valence-corrected chi connectivity index (χ0v) is 12.5. The van der Waals surface area contributed by atoms with Crippen LogP contribution in [0.1, 0.15) is 62.4 Å². The van der Waals surface area contributed by atoms with Gasteiger partial charge in [-0.05, 0) is 12.5 Å². The van der Waals surface area contributed by atoms with Gasteiger partial charge in [0.05, 0.1) is 0 Å². The van der Waals surface area contributed by atoms with Crippen molar-refractivity contribution in [2.45, 2.75) is 51.9 Å². The summed E-state index contributed by atoms with van der Waals surface area (Å²) in [4.78, 5) is 23.0. The first-order valence-electron chi connectivity index (χ1n) is 7.47. The highest BCUT2D eigenvalue weighted by Crippen LogP contribution is 2.06. The molecule has 0 spiro atoms. The Morgan fingerprint density at radius 3 is 2.45 bits per heavy atom. The lowest BCUT2D eigenvalue weighted by atomic mass is 10.1. The Kier molecular flexibility index (Phi) is 7.62. The third-order valence-corrected chi connectivity index (χ3v) is 3.26. The maximum absolute atomic E-state index is 11.8. The molecule has 5 heteroatoms. The first kappa shape index (κ1) is 16.4. The molecule has 0 saturated heterocycles. The monoisotopic (exact) mass is 279 g/mol. The summed E-state index contributed by atoms with van der Waals surface area (Å²) in [6.45, 7) is 2.88. The minimum absolute atomic E-state index is 0.214. The molecule has 0 atom stereocenters. The van der Waals surface area contributed by atoms with E-state index in [-0.39, 0.29) is 17.2 Å². The average molecular weight is 279 g/mol. The third kappa shape index (κ3) is 5.99. The zero-order chi connectivity index (χ0) is 14.8. The van der Waals surface area contributed by atoms with E-state index in [9.17, 15) is 9.59 Å². The maximum atomic E-state index is 11.8. The van der Waals surface area contributed by atoms with Gasteiger partial charge >= 0.3 is 0 Å². The van der Waals surface area contributed by atoms with Crippen molar-refractivity contribution in [1.82, 2.24) is 15.1 Å². The number of carbonyl (C=O) groups excluding carboxylic acids is 1. The van der Waals surface area contributed by atoms with Crippen molar-refractivity contribution < 1.29 is 4.79 Å². The SMILES string of the molecule is CCCCCCCCCNC(=O)c1ccc(=O)n(C)n1. The zero-order valence-electron chi connectivity index (χ0n) is 12.5. The van der Waals surface area contributed by atoms with Gasteiger partial charge in [0.1, 0.15) is 5.69 Å². The molecule has 0 aromatic carbocycles. The second kappa shape index (κ2) is 9.28. The smallest absolute Gasteiger partial charge is 0.271 e. The summed E-state index contributed by atoms with van der Waals surface area (Å²) in [6.07, 6.45) is 8.54. The van der Waals surface area contributed by atoms with E-state index in [0.717, 1.165) is 12.8 Å². The normalized spacial score (nSPS) is 10.5. The van der Waals surface area contributed by atoms with E-state index in [1.165, 1.54) is 56.0 Å². The van der Waals surface area contributed by atoms with Crippen LogP contribution < -0.4 is 10.9 Å². The number of aromatic nitrogens is 2. The van der Waals surface area contributed by atoms with Gasteiger partial charge in [-0.2, -0.15) is 5.10 Å². The van der Waals surface area contributed by atoms with Gasteiger partial charge in [0.2, 0.25) is 0 Å². The van der Waals surface area contributed by atoms with Gasteiger partial charge in [0.15, 0.2) is 0 Å². The van der Waals surface area contributed by atoms with E-state index >= 15 is 0 Å². The van der Waals surface area contributed by atoms with Gasteiger partial charge in [-0.3, -0.25) is 9.59 Å². The molecule has 1 heterocycles.